The summed E-state index contributed by atoms with van der Waals surface area (Å²) in [6.07, 6.45) is 6.55. The average molecular weight is 360 g/mol. The van der Waals surface area contributed by atoms with E-state index in [1.807, 2.05) is 19.2 Å². The van der Waals surface area contributed by atoms with E-state index in [2.05, 4.69) is 15.0 Å². The first-order valence-corrected chi connectivity index (χ1v) is 8.25. The van der Waals surface area contributed by atoms with Crippen LogP contribution in [0.5, 0.6) is 0 Å². The molecule has 3 heterocycles. The highest BCUT2D eigenvalue weighted by Gasteiger charge is 2.19. The molecule has 0 aliphatic heterocycles. The second kappa shape index (κ2) is 7.02. The van der Waals surface area contributed by atoms with Crippen LogP contribution < -0.4 is 4.90 Å². The number of carbonyl (C=O) groups excluding carboxylic acids is 1. The third-order valence-electron chi connectivity index (χ3n) is 3.41. The summed E-state index contributed by atoms with van der Waals surface area (Å²) in [5, 5.41) is 1.13. The van der Waals surface area contributed by atoms with Gasteiger partial charge >= 0.3 is 0 Å². The number of halogens is 1. The summed E-state index contributed by atoms with van der Waals surface area (Å²) in [5.41, 5.74) is 1.21. The van der Waals surface area contributed by atoms with Gasteiger partial charge in [-0.3, -0.25) is 9.78 Å². The number of rotatable bonds is 4. The lowest BCUT2D eigenvalue weighted by Gasteiger charge is -2.16. The lowest BCUT2D eigenvalue weighted by atomic mass is 10.3. The first-order valence-electron chi connectivity index (χ1n) is 7.05. The van der Waals surface area contributed by atoms with E-state index in [-0.39, 0.29) is 5.91 Å². The van der Waals surface area contributed by atoms with E-state index < -0.39 is 0 Å². The van der Waals surface area contributed by atoms with Gasteiger partial charge in [0.25, 0.3) is 5.91 Å². The standard InChI is InChI=1S/C16H14ClN5OS/c1-21(11-4-3-7-18-8-11)15(23)13-10-20-16(22(13)2)24-12-5-6-14(17)19-9-12/h3-10H,1-2H3. The fraction of sp³-hybridized carbons (Fsp3) is 0.125. The fourth-order valence-corrected chi connectivity index (χ4v) is 2.96. The predicted molar refractivity (Wildman–Crippen MR) is 93.5 cm³/mol. The summed E-state index contributed by atoms with van der Waals surface area (Å²) in [6, 6.07) is 7.19. The van der Waals surface area contributed by atoms with E-state index in [1.165, 1.54) is 11.8 Å². The number of nitrogens with zero attached hydrogens (tertiary/aromatic N) is 5. The number of pyridine rings is 2. The van der Waals surface area contributed by atoms with Crippen molar-refractivity contribution in [1.82, 2.24) is 19.5 Å². The Morgan fingerprint density at radius 3 is 2.71 bits per heavy atom. The largest absolute Gasteiger partial charge is 0.318 e. The lowest BCUT2D eigenvalue weighted by molar-refractivity contribution is 0.0984. The Balaban J connectivity index is 1.81. The molecule has 3 aromatic heterocycles. The highest BCUT2D eigenvalue weighted by Crippen LogP contribution is 2.27. The maximum Gasteiger partial charge on any atom is 0.276 e. The van der Waals surface area contributed by atoms with E-state index in [1.54, 1.807) is 53.4 Å². The van der Waals surface area contributed by atoms with Crippen LogP contribution in [-0.2, 0) is 7.05 Å². The Kier molecular flexibility index (Phi) is 4.82. The van der Waals surface area contributed by atoms with Gasteiger partial charge in [0.1, 0.15) is 10.8 Å². The van der Waals surface area contributed by atoms with Crippen molar-refractivity contribution in [2.75, 3.05) is 11.9 Å². The van der Waals surface area contributed by atoms with Gasteiger partial charge in [-0.05, 0) is 24.3 Å². The maximum atomic E-state index is 12.7. The number of hydrogen-bond acceptors (Lipinski definition) is 5. The maximum absolute atomic E-state index is 12.7. The second-order valence-electron chi connectivity index (χ2n) is 4.98. The topological polar surface area (TPSA) is 63.9 Å². The van der Waals surface area contributed by atoms with Crippen LogP contribution in [0.2, 0.25) is 5.15 Å². The molecule has 0 unspecified atom stereocenters. The number of hydrogen-bond donors (Lipinski definition) is 0. The Labute approximate surface area is 148 Å². The summed E-state index contributed by atoms with van der Waals surface area (Å²) in [5.74, 6) is -0.154. The number of imidazole rings is 1. The van der Waals surface area contributed by atoms with E-state index in [9.17, 15) is 4.79 Å². The van der Waals surface area contributed by atoms with Crippen LogP contribution in [0, 0.1) is 0 Å². The van der Waals surface area contributed by atoms with E-state index in [4.69, 9.17) is 11.6 Å². The van der Waals surface area contributed by atoms with Crippen LogP contribution in [-0.4, -0.2) is 32.5 Å². The van der Waals surface area contributed by atoms with Gasteiger partial charge in [0.2, 0.25) is 0 Å². The minimum Gasteiger partial charge on any atom is -0.318 e. The van der Waals surface area contributed by atoms with Crippen molar-refractivity contribution in [3.63, 3.8) is 0 Å². The molecule has 24 heavy (non-hydrogen) atoms. The first kappa shape index (κ1) is 16.5. The summed E-state index contributed by atoms with van der Waals surface area (Å²) >= 11 is 7.20. The second-order valence-corrected chi connectivity index (χ2v) is 6.41. The predicted octanol–water partition coefficient (Wildman–Crippen LogP) is 3.29. The molecule has 3 rings (SSSR count). The van der Waals surface area contributed by atoms with Crippen LogP contribution >= 0.6 is 23.4 Å². The number of carbonyl (C=O) groups is 1. The van der Waals surface area contributed by atoms with Crippen LogP contribution in [0.1, 0.15) is 10.5 Å². The van der Waals surface area contributed by atoms with Gasteiger partial charge in [0.15, 0.2) is 5.16 Å². The molecule has 0 radical (unpaired) electrons. The summed E-state index contributed by atoms with van der Waals surface area (Å²) in [4.78, 5) is 27.5. The fourth-order valence-electron chi connectivity index (χ4n) is 2.06. The van der Waals surface area contributed by atoms with Crippen molar-refractivity contribution in [2.45, 2.75) is 10.1 Å². The van der Waals surface area contributed by atoms with Gasteiger partial charge in [0, 0.05) is 31.4 Å². The highest BCUT2D eigenvalue weighted by atomic mass is 35.5. The molecular formula is C16H14ClN5OS. The minimum atomic E-state index is -0.154. The normalized spacial score (nSPS) is 10.6. The SMILES string of the molecule is CN(C(=O)c1cnc(Sc2ccc(Cl)nc2)n1C)c1cccnc1. The lowest BCUT2D eigenvalue weighted by Crippen LogP contribution is -2.28. The molecule has 0 aliphatic rings. The highest BCUT2D eigenvalue weighted by molar-refractivity contribution is 7.99. The summed E-state index contributed by atoms with van der Waals surface area (Å²) in [7, 11) is 3.52. The molecule has 0 saturated heterocycles. The van der Waals surface area contributed by atoms with Crippen molar-refractivity contribution in [3.8, 4) is 0 Å². The van der Waals surface area contributed by atoms with E-state index >= 15 is 0 Å². The molecule has 0 spiro atoms. The summed E-state index contributed by atoms with van der Waals surface area (Å²) in [6.45, 7) is 0. The van der Waals surface area contributed by atoms with Gasteiger partial charge in [-0.2, -0.15) is 0 Å². The van der Waals surface area contributed by atoms with Gasteiger partial charge in [0.05, 0.1) is 18.1 Å². The zero-order valence-corrected chi connectivity index (χ0v) is 14.6. The molecule has 8 heteroatoms. The smallest absolute Gasteiger partial charge is 0.276 e. The van der Waals surface area contributed by atoms with E-state index in [0.717, 1.165) is 10.6 Å². The van der Waals surface area contributed by atoms with Gasteiger partial charge in [-0.15, -0.1) is 0 Å². The molecule has 0 aromatic carbocycles. The zero-order chi connectivity index (χ0) is 17.1. The van der Waals surface area contributed by atoms with Crippen molar-refractivity contribution in [3.05, 3.63) is 59.9 Å². The number of anilines is 1. The van der Waals surface area contributed by atoms with Crippen LogP contribution in [0.4, 0.5) is 5.69 Å². The molecule has 0 fully saturated rings. The Hall–Kier alpha value is -2.38. The first-order chi connectivity index (χ1) is 11.6. The molecule has 1 amide bonds. The molecule has 0 saturated carbocycles. The molecule has 0 N–H and O–H groups in total. The molecule has 6 nitrogen and oxygen atoms in total. The monoisotopic (exact) mass is 359 g/mol. The molecule has 0 atom stereocenters. The number of aromatic nitrogens is 4. The molecule has 3 aromatic rings. The Bertz CT molecular complexity index is 851. The van der Waals surface area contributed by atoms with E-state index in [0.29, 0.717) is 16.0 Å². The van der Waals surface area contributed by atoms with Gasteiger partial charge < -0.3 is 9.47 Å². The number of amides is 1. The average Bonchev–Trinajstić information content (AvgIpc) is 2.97. The Morgan fingerprint density at radius 2 is 2.04 bits per heavy atom. The third-order valence-corrected chi connectivity index (χ3v) is 4.67. The molecular weight excluding hydrogens is 346 g/mol. The minimum absolute atomic E-state index is 0.154. The van der Waals surface area contributed by atoms with Gasteiger partial charge in [-0.25, -0.2) is 9.97 Å². The molecule has 0 aliphatic carbocycles. The quantitative estimate of drug-likeness (QED) is 0.669. The Morgan fingerprint density at radius 1 is 1.21 bits per heavy atom. The van der Waals surface area contributed by atoms with Crippen molar-refractivity contribution >= 4 is 35.0 Å². The van der Waals surface area contributed by atoms with Crippen LogP contribution in [0.25, 0.3) is 0 Å². The van der Waals surface area contributed by atoms with Crippen LogP contribution in [0.3, 0.4) is 0 Å². The molecule has 0 bridgehead atoms. The zero-order valence-electron chi connectivity index (χ0n) is 13.0. The summed E-state index contributed by atoms with van der Waals surface area (Å²) < 4.78 is 1.76. The van der Waals surface area contributed by atoms with Gasteiger partial charge in [-0.1, -0.05) is 23.4 Å². The van der Waals surface area contributed by atoms with Crippen molar-refractivity contribution in [2.24, 2.45) is 7.05 Å². The van der Waals surface area contributed by atoms with Crippen LogP contribution in [0.15, 0.2) is 59.1 Å². The molecule has 122 valence electrons. The van der Waals surface area contributed by atoms with Crippen molar-refractivity contribution < 1.29 is 4.79 Å². The van der Waals surface area contributed by atoms with Crippen molar-refractivity contribution in [1.29, 1.82) is 0 Å². The third kappa shape index (κ3) is 3.42.